The molecule has 30 heavy (non-hydrogen) atoms. The van der Waals surface area contributed by atoms with Crippen LogP contribution in [0.1, 0.15) is 0 Å². The lowest BCUT2D eigenvalue weighted by Crippen LogP contribution is -3.61. The van der Waals surface area contributed by atoms with Gasteiger partial charge < -0.3 is 9.79 Å². The zero-order chi connectivity index (χ0) is 22.9. The summed E-state index contributed by atoms with van der Waals surface area (Å²) in [6.45, 7) is 0. The average molecular weight is 671 g/mol. The fourth-order valence-electron chi connectivity index (χ4n) is 2.14. The number of alkyl halides is 6. The number of benzene rings is 2. The Bertz CT molecular complexity index is 684. The molecular formula is C18H17Cl6FIO3P. The number of hydrogen-bond acceptors (Lipinski definition) is 2. The van der Waals surface area contributed by atoms with Crippen LogP contribution in [0.15, 0.2) is 60.7 Å². The zero-order valence-corrected chi connectivity index (χ0v) is 22.6. The highest BCUT2D eigenvalue weighted by molar-refractivity contribution is 7.44. The Morgan fingerprint density at radius 3 is 1.10 bits per heavy atom. The zero-order valence-electron chi connectivity index (χ0n) is 15.0. The highest BCUT2D eigenvalue weighted by Crippen LogP contribution is 2.39. The first kappa shape index (κ1) is 29.0. The first-order valence-corrected chi connectivity index (χ1v) is 14.5. The number of rotatable bonds is 2. The predicted octanol–water partition coefficient (Wildman–Crippen LogP) is 2.88. The molecule has 12 heteroatoms. The SMILES string of the molecule is Cl[C@H]1[C@H](Cl)[C@@H](Cl)[C@@H](Cl)[C@H](Cl)[C@H]1Cl.O=P([O-])(O)F.c1ccc([I+]c2ccccc2)cc1. The van der Waals surface area contributed by atoms with Crippen molar-refractivity contribution in [3.63, 3.8) is 0 Å². The van der Waals surface area contributed by atoms with E-state index in [-0.39, 0.29) is 21.2 Å². The second-order valence-corrected chi connectivity index (χ2v) is 12.8. The van der Waals surface area contributed by atoms with Gasteiger partial charge in [0.1, 0.15) is 0 Å². The third kappa shape index (κ3) is 11.2. The van der Waals surface area contributed by atoms with Gasteiger partial charge in [-0.3, -0.25) is 4.57 Å². The van der Waals surface area contributed by atoms with Crippen molar-refractivity contribution in [1.29, 1.82) is 0 Å². The van der Waals surface area contributed by atoms with E-state index in [1.807, 2.05) is 0 Å². The molecular weight excluding hydrogens is 654 g/mol. The molecule has 2 aromatic rings. The Hall–Kier alpha value is 0.990. The van der Waals surface area contributed by atoms with Crippen molar-refractivity contribution in [2.75, 3.05) is 0 Å². The summed E-state index contributed by atoms with van der Waals surface area (Å²) in [5, 5.41) is -2.62. The van der Waals surface area contributed by atoms with Crippen LogP contribution in [0.4, 0.5) is 4.20 Å². The summed E-state index contributed by atoms with van der Waals surface area (Å²) in [6.07, 6.45) is 0. The lowest BCUT2D eigenvalue weighted by Gasteiger charge is -2.37. The second-order valence-electron chi connectivity index (χ2n) is 5.80. The maximum atomic E-state index is 10.2. The van der Waals surface area contributed by atoms with Crippen LogP contribution in [-0.4, -0.2) is 37.2 Å². The minimum atomic E-state index is -5.39. The molecule has 1 atom stereocenters. The Balaban J connectivity index is 0.000000248. The summed E-state index contributed by atoms with van der Waals surface area (Å²) in [4.78, 5) is 15.4. The molecule has 1 unspecified atom stereocenters. The average Bonchev–Trinajstić information content (AvgIpc) is 2.70. The lowest BCUT2D eigenvalue weighted by atomic mass is 9.97. The van der Waals surface area contributed by atoms with Crippen LogP contribution in [0.3, 0.4) is 0 Å². The summed E-state index contributed by atoms with van der Waals surface area (Å²) in [5.41, 5.74) is 0. The minimum absolute atomic E-state index is 0.0287. The molecule has 3 rings (SSSR count). The van der Waals surface area contributed by atoms with E-state index in [9.17, 15) is 4.20 Å². The molecule has 0 bridgehead atoms. The van der Waals surface area contributed by atoms with Gasteiger partial charge in [-0.15, -0.1) is 69.6 Å². The van der Waals surface area contributed by atoms with Crippen LogP contribution in [0, 0.1) is 7.14 Å². The Morgan fingerprint density at radius 2 is 0.900 bits per heavy atom. The second kappa shape index (κ2) is 14.3. The van der Waals surface area contributed by atoms with E-state index in [1.165, 1.54) is 7.14 Å². The quantitative estimate of drug-likeness (QED) is 0.304. The summed E-state index contributed by atoms with van der Waals surface area (Å²) in [7, 11) is -5.39. The standard InChI is InChI=1S/C12H10I.C6H6Cl6.FH2O3P/c1-3-7-11(8-4-1)13-12-9-5-2-6-10-12;7-1-2(8)4(10)6(12)5(11)3(1)9;1-5(2,3)4/h1-10H;1-6H;(H2,2,3,4)/q+1;;/p-1/t;1-,2-,3-,4+,5+,6+;. The van der Waals surface area contributed by atoms with Gasteiger partial charge >= 0.3 is 29.1 Å². The topological polar surface area (TPSA) is 60.4 Å². The molecule has 1 fully saturated rings. The molecule has 0 aromatic heterocycles. The molecule has 0 heterocycles. The maximum absolute atomic E-state index is 10.2. The fraction of sp³-hybridized carbons (Fsp3) is 0.333. The van der Waals surface area contributed by atoms with Gasteiger partial charge in [0.15, 0.2) is 7.14 Å². The Labute approximate surface area is 215 Å². The molecule has 1 aliphatic carbocycles. The molecule has 0 spiro atoms. The van der Waals surface area contributed by atoms with Gasteiger partial charge in [0.25, 0.3) is 0 Å². The van der Waals surface area contributed by atoms with E-state index in [1.54, 1.807) is 0 Å². The van der Waals surface area contributed by atoms with Crippen molar-refractivity contribution in [2.45, 2.75) is 32.3 Å². The van der Waals surface area contributed by atoms with Crippen LogP contribution in [0.25, 0.3) is 0 Å². The van der Waals surface area contributed by atoms with Crippen molar-refractivity contribution < 1.29 is 39.8 Å². The van der Waals surface area contributed by atoms with E-state index in [2.05, 4.69) is 60.7 Å². The van der Waals surface area contributed by atoms with E-state index in [4.69, 9.17) is 84.0 Å². The van der Waals surface area contributed by atoms with E-state index in [0.717, 1.165) is 0 Å². The van der Waals surface area contributed by atoms with Gasteiger partial charge in [0, 0.05) is 0 Å². The summed E-state index contributed by atoms with van der Waals surface area (Å²) >= 11 is 35.3. The van der Waals surface area contributed by atoms with Gasteiger partial charge in [-0.1, -0.05) is 36.4 Å². The first-order valence-electron chi connectivity index (χ1n) is 8.24. The van der Waals surface area contributed by atoms with Crippen molar-refractivity contribution in [3.8, 4) is 0 Å². The minimum Gasteiger partial charge on any atom is -0.753 e. The van der Waals surface area contributed by atoms with Gasteiger partial charge in [-0.25, -0.2) is 0 Å². The normalized spacial score (nSPS) is 30.0. The van der Waals surface area contributed by atoms with Crippen molar-refractivity contribution >= 4 is 77.5 Å². The number of halogens is 8. The molecule has 1 aliphatic rings. The molecule has 1 N–H and O–H groups in total. The molecule has 2 aromatic carbocycles. The summed E-state index contributed by atoms with van der Waals surface area (Å²) < 4.78 is 21.8. The fourth-order valence-corrected chi connectivity index (χ4v) is 6.73. The van der Waals surface area contributed by atoms with Crippen LogP contribution in [-0.2, 0) is 4.57 Å². The lowest BCUT2D eigenvalue weighted by molar-refractivity contribution is -0.597. The largest absolute Gasteiger partial charge is 0.753 e. The van der Waals surface area contributed by atoms with Gasteiger partial charge in [-0.2, -0.15) is 4.20 Å². The highest BCUT2D eigenvalue weighted by Gasteiger charge is 2.46. The molecule has 0 radical (unpaired) electrons. The third-order valence-corrected chi connectivity index (χ3v) is 10.2. The molecule has 3 nitrogen and oxygen atoms in total. The Kier molecular flexibility index (Phi) is 13.8. The van der Waals surface area contributed by atoms with Crippen LogP contribution >= 0.6 is 77.5 Å². The molecule has 168 valence electrons. The summed E-state index contributed by atoms with van der Waals surface area (Å²) in [5.74, 6) is 0. The molecule has 1 saturated carbocycles. The van der Waals surface area contributed by atoms with Crippen molar-refractivity contribution in [2.24, 2.45) is 0 Å². The van der Waals surface area contributed by atoms with Crippen molar-refractivity contribution in [3.05, 3.63) is 67.8 Å². The van der Waals surface area contributed by atoms with Crippen LogP contribution in [0.2, 0.25) is 0 Å². The van der Waals surface area contributed by atoms with Crippen LogP contribution in [0.5, 0.6) is 0 Å². The van der Waals surface area contributed by atoms with Gasteiger partial charge in [0.2, 0.25) is 0 Å². The van der Waals surface area contributed by atoms with Gasteiger partial charge in [0.05, 0.1) is 32.3 Å². The monoisotopic (exact) mass is 668 g/mol. The highest BCUT2D eigenvalue weighted by atomic mass is 127. The molecule has 0 aliphatic heterocycles. The molecule has 0 saturated heterocycles. The maximum Gasteiger partial charge on any atom is 0.357 e. The van der Waals surface area contributed by atoms with E-state index >= 15 is 0 Å². The first-order chi connectivity index (χ1) is 13.9. The molecule has 0 amide bonds. The smallest absolute Gasteiger partial charge is 0.357 e. The van der Waals surface area contributed by atoms with Crippen molar-refractivity contribution in [1.82, 2.24) is 0 Å². The van der Waals surface area contributed by atoms with Gasteiger partial charge in [-0.05, 0) is 24.3 Å². The third-order valence-electron chi connectivity index (χ3n) is 3.51. The van der Waals surface area contributed by atoms with E-state index < -0.39 is 40.2 Å². The van der Waals surface area contributed by atoms with Crippen LogP contribution < -0.4 is 26.1 Å². The summed E-state index contributed by atoms with van der Waals surface area (Å²) in [6, 6.07) is 21.4. The number of hydrogen-bond donors (Lipinski definition) is 1. The predicted molar refractivity (Wildman–Crippen MR) is 119 cm³/mol. The Morgan fingerprint density at radius 1 is 0.700 bits per heavy atom. The van der Waals surface area contributed by atoms with E-state index in [0.29, 0.717) is 0 Å².